The third kappa shape index (κ3) is 2.90. The van der Waals surface area contributed by atoms with E-state index in [1.54, 1.807) is 21.3 Å². The smallest absolute Gasteiger partial charge is 0.374 e. The molecule has 0 radical (unpaired) electrons. The minimum Gasteiger partial charge on any atom is -0.374 e. The Balaban J connectivity index is 2.94. The third-order valence-corrected chi connectivity index (χ3v) is 7.13. The van der Waals surface area contributed by atoms with E-state index in [9.17, 15) is 0 Å². The second-order valence-electron chi connectivity index (χ2n) is 5.92. The van der Waals surface area contributed by atoms with Crippen LogP contribution in [0.5, 0.6) is 0 Å². The average Bonchev–Trinajstić information content (AvgIpc) is 2.75. The minimum atomic E-state index is -2.49. The van der Waals surface area contributed by atoms with Gasteiger partial charge in [-0.05, 0) is 20.8 Å². The lowest BCUT2D eigenvalue weighted by Crippen LogP contribution is -2.67. The van der Waals surface area contributed by atoms with Gasteiger partial charge in [-0.15, -0.1) is 0 Å². The van der Waals surface area contributed by atoms with E-state index in [4.69, 9.17) is 13.3 Å². The highest BCUT2D eigenvalue weighted by atomic mass is 28.4. The van der Waals surface area contributed by atoms with Crippen LogP contribution < -0.4 is 0 Å². The van der Waals surface area contributed by atoms with Gasteiger partial charge in [-0.3, -0.25) is 0 Å². The van der Waals surface area contributed by atoms with E-state index in [2.05, 4.69) is 20.8 Å². The highest BCUT2D eigenvalue weighted by Gasteiger charge is 2.54. The van der Waals surface area contributed by atoms with E-state index in [0.29, 0.717) is 0 Å². The zero-order valence-electron chi connectivity index (χ0n) is 12.2. The molecule has 102 valence electrons. The topological polar surface area (TPSA) is 27.7 Å². The van der Waals surface area contributed by atoms with Gasteiger partial charge in [-0.1, -0.05) is 0 Å². The first-order chi connectivity index (χ1) is 7.85. The molecular weight excluding hydrogens is 234 g/mol. The molecule has 0 N–H and O–H groups in total. The van der Waals surface area contributed by atoms with Crippen LogP contribution in [-0.4, -0.2) is 59.4 Å². The quantitative estimate of drug-likeness (QED) is 0.559. The van der Waals surface area contributed by atoms with Gasteiger partial charge in [0.05, 0.1) is 18.6 Å². The van der Waals surface area contributed by atoms with Crippen molar-refractivity contribution in [2.24, 2.45) is 0 Å². The van der Waals surface area contributed by atoms with Crippen LogP contribution in [0.2, 0.25) is 0 Å². The first-order valence-electron chi connectivity index (χ1n) is 6.36. The van der Waals surface area contributed by atoms with Gasteiger partial charge >= 0.3 is 8.80 Å². The Kier molecular flexibility index (Phi) is 4.77. The summed E-state index contributed by atoms with van der Waals surface area (Å²) in [6.07, 6.45) is 3.46. The van der Waals surface area contributed by atoms with Gasteiger partial charge in [-0.25, -0.2) is 0 Å². The molecule has 1 saturated heterocycles. The fraction of sp³-hybridized carbons (Fsp3) is 1.00. The zero-order valence-corrected chi connectivity index (χ0v) is 13.2. The summed E-state index contributed by atoms with van der Waals surface area (Å²) < 4.78 is 17.8. The summed E-state index contributed by atoms with van der Waals surface area (Å²) >= 11 is 0. The molecule has 1 heterocycles. The molecule has 0 unspecified atom stereocenters. The number of quaternary nitrogens is 1. The molecule has 0 aromatic carbocycles. The molecule has 0 atom stereocenters. The van der Waals surface area contributed by atoms with Gasteiger partial charge in [0, 0.05) is 34.2 Å². The molecule has 1 aliphatic rings. The fourth-order valence-electron chi connectivity index (χ4n) is 2.82. The van der Waals surface area contributed by atoms with Crippen molar-refractivity contribution in [3.8, 4) is 0 Å². The van der Waals surface area contributed by atoms with Crippen LogP contribution in [0.25, 0.3) is 0 Å². The van der Waals surface area contributed by atoms with Crippen molar-refractivity contribution < 1.29 is 17.8 Å². The van der Waals surface area contributed by atoms with Crippen LogP contribution >= 0.6 is 0 Å². The molecule has 0 aliphatic carbocycles. The van der Waals surface area contributed by atoms with Crippen molar-refractivity contribution >= 4 is 8.80 Å². The Bertz CT molecular complexity index is 234. The molecule has 0 saturated carbocycles. The minimum absolute atomic E-state index is 0.213. The summed E-state index contributed by atoms with van der Waals surface area (Å²) in [6, 6.07) is 0. The van der Waals surface area contributed by atoms with Crippen LogP contribution in [0, 0.1) is 0 Å². The van der Waals surface area contributed by atoms with E-state index >= 15 is 0 Å². The molecule has 0 aromatic rings. The lowest BCUT2D eigenvalue weighted by atomic mass is 10.0. The monoisotopic (exact) mass is 262 g/mol. The van der Waals surface area contributed by atoms with E-state index in [-0.39, 0.29) is 5.54 Å². The maximum atomic E-state index is 5.60. The van der Waals surface area contributed by atoms with Gasteiger partial charge in [0.2, 0.25) is 0 Å². The molecule has 1 aliphatic heterocycles. The number of likely N-dealkylation sites (tertiary alicyclic amines) is 1. The first kappa shape index (κ1) is 15.1. The van der Waals surface area contributed by atoms with Gasteiger partial charge in [-0.2, -0.15) is 0 Å². The van der Waals surface area contributed by atoms with Gasteiger partial charge in [0.25, 0.3) is 0 Å². The van der Waals surface area contributed by atoms with Crippen molar-refractivity contribution in [1.29, 1.82) is 0 Å². The predicted molar refractivity (Wildman–Crippen MR) is 70.6 cm³/mol. The number of rotatable bonds is 5. The van der Waals surface area contributed by atoms with Crippen LogP contribution in [0.15, 0.2) is 0 Å². The second kappa shape index (κ2) is 5.36. The molecule has 0 amide bonds. The Morgan fingerprint density at radius 3 is 1.65 bits per heavy atom. The van der Waals surface area contributed by atoms with Crippen molar-refractivity contribution in [2.45, 2.75) is 39.2 Å². The number of nitrogens with zero attached hydrogens (tertiary/aromatic N) is 1. The molecule has 17 heavy (non-hydrogen) atoms. The maximum Gasteiger partial charge on any atom is 0.558 e. The molecule has 5 heteroatoms. The lowest BCUT2D eigenvalue weighted by Gasteiger charge is -2.48. The molecule has 0 bridgehead atoms. The predicted octanol–water partition coefficient (Wildman–Crippen LogP) is 1.81. The summed E-state index contributed by atoms with van der Waals surface area (Å²) in [7, 11) is 2.62. The van der Waals surface area contributed by atoms with Crippen molar-refractivity contribution in [3.05, 3.63) is 0 Å². The van der Waals surface area contributed by atoms with E-state index in [0.717, 1.165) is 10.7 Å². The summed E-state index contributed by atoms with van der Waals surface area (Å²) in [5.74, 6) is 0. The molecular formula is C12H28NO3Si+. The maximum absolute atomic E-state index is 5.60. The van der Waals surface area contributed by atoms with Crippen molar-refractivity contribution in [3.63, 3.8) is 0 Å². The Morgan fingerprint density at radius 2 is 1.35 bits per heavy atom. The van der Waals surface area contributed by atoms with Crippen molar-refractivity contribution in [1.82, 2.24) is 0 Å². The normalized spacial score (nSPS) is 20.8. The third-order valence-electron chi connectivity index (χ3n) is 4.27. The van der Waals surface area contributed by atoms with Crippen LogP contribution in [0.3, 0.4) is 0 Å². The number of hydrogen-bond acceptors (Lipinski definition) is 3. The van der Waals surface area contributed by atoms with Crippen LogP contribution in [-0.2, 0) is 13.3 Å². The van der Waals surface area contributed by atoms with Crippen LogP contribution in [0.1, 0.15) is 33.6 Å². The summed E-state index contributed by atoms with van der Waals surface area (Å²) in [5.41, 5.74) is 0.213. The molecule has 1 fully saturated rings. The summed E-state index contributed by atoms with van der Waals surface area (Å²) in [6.45, 7) is 9.32. The molecule has 1 rings (SSSR count). The highest BCUT2D eigenvalue weighted by Crippen LogP contribution is 2.33. The second-order valence-corrected chi connectivity index (χ2v) is 8.83. The molecule has 0 spiro atoms. The number of hydrogen-bond donors (Lipinski definition) is 0. The van der Waals surface area contributed by atoms with E-state index in [1.165, 1.54) is 25.9 Å². The van der Waals surface area contributed by atoms with Crippen LogP contribution in [0.4, 0.5) is 0 Å². The molecule has 0 aromatic heterocycles. The summed E-state index contributed by atoms with van der Waals surface area (Å²) in [4.78, 5) is 0. The molecule has 4 nitrogen and oxygen atoms in total. The van der Waals surface area contributed by atoms with Gasteiger partial charge in [0.15, 0.2) is 0 Å². The SMILES string of the molecule is CO[Si](C[N+]1(C(C)(C)C)CCCC1)(OC)OC. The fourth-order valence-corrected chi connectivity index (χ4v) is 5.24. The van der Waals surface area contributed by atoms with Gasteiger partial charge in [0.1, 0.15) is 6.17 Å². The summed E-state index contributed by atoms with van der Waals surface area (Å²) in [5, 5.41) is 0. The van der Waals surface area contributed by atoms with Crippen molar-refractivity contribution in [2.75, 3.05) is 40.6 Å². The Hall–Kier alpha value is 0.0569. The highest BCUT2D eigenvalue weighted by molar-refractivity contribution is 6.60. The standard InChI is InChI=1S/C12H28NO3Si/c1-12(2,3)13(9-7-8-10-13)11-17(14-4,15-5)16-6/h7-11H2,1-6H3/q+1. The Labute approximate surface area is 107 Å². The zero-order chi connectivity index (χ0) is 13.2. The largest absolute Gasteiger partial charge is 0.558 e. The Morgan fingerprint density at radius 1 is 0.941 bits per heavy atom. The van der Waals surface area contributed by atoms with E-state index < -0.39 is 8.80 Å². The first-order valence-corrected chi connectivity index (χ1v) is 8.29. The lowest BCUT2D eigenvalue weighted by molar-refractivity contribution is -0.953. The van der Waals surface area contributed by atoms with Gasteiger partial charge < -0.3 is 17.8 Å². The average molecular weight is 262 g/mol. The van der Waals surface area contributed by atoms with E-state index in [1.807, 2.05) is 0 Å².